The van der Waals surface area contributed by atoms with Crippen LogP contribution in [0.5, 0.6) is 0 Å². The van der Waals surface area contributed by atoms with Crippen LogP contribution in [0.2, 0.25) is 0 Å². The van der Waals surface area contributed by atoms with Crippen LogP contribution < -0.4 is 5.73 Å². The van der Waals surface area contributed by atoms with Gasteiger partial charge in [-0.15, -0.1) is 0 Å². The van der Waals surface area contributed by atoms with Crippen molar-refractivity contribution in [3.05, 3.63) is 29.7 Å². The van der Waals surface area contributed by atoms with Gasteiger partial charge in [0.2, 0.25) is 5.89 Å². The molecule has 1 unspecified atom stereocenters. The minimum atomic E-state index is -0.331. The van der Waals surface area contributed by atoms with E-state index in [1.165, 1.54) is 5.56 Å². The van der Waals surface area contributed by atoms with E-state index in [0.717, 1.165) is 17.5 Å². The van der Waals surface area contributed by atoms with Crippen molar-refractivity contribution in [2.75, 3.05) is 6.61 Å². The van der Waals surface area contributed by atoms with E-state index in [4.69, 9.17) is 15.3 Å². The molecule has 2 aromatic rings. The molecule has 0 saturated carbocycles. The fraction of sp³-hybridized carbons (Fsp3) is 0.417. The molecule has 1 heterocycles. The van der Waals surface area contributed by atoms with Crippen molar-refractivity contribution in [1.29, 1.82) is 0 Å². The molecule has 0 radical (unpaired) electrons. The average molecular weight is 220 g/mol. The zero-order valence-electron chi connectivity index (χ0n) is 9.31. The highest BCUT2D eigenvalue weighted by molar-refractivity contribution is 5.73. The highest BCUT2D eigenvalue weighted by atomic mass is 16.3. The normalized spacial score (nSPS) is 13.2. The molecular formula is C12H16N2O2. The lowest BCUT2D eigenvalue weighted by molar-refractivity contribution is 0.268. The lowest BCUT2D eigenvalue weighted by Gasteiger charge is -2.02. The van der Waals surface area contributed by atoms with Crippen molar-refractivity contribution in [1.82, 2.24) is 4.98 Å². The predicted octanol–water partition coefficient (Wildman–Crippen LogP) is 1.77. The van der Waals surface area contributed by atoms with Crippen LogP contribution in [0.15, 0.2) is 22.6 Å². The molecule has 1 atom stereocenters. The number of nitrogens with two attached hydrogens (primary N) is 1. The second kappa shape index (κ2) is 4.63. The molecule has 3 N–H and O–H groups in total. The lowest BCUT2D eigenvalue weighted by atomic mass is 10.1. The van der Waals surface area contributed by atoms with Crippen molar-refractivity contribution < 1.29 is 9.52 Å². The maximum absolute atomic E-state index is 8.81. The van der Waals surface area contributed by atoms with E-state index in [9.17, 15) is 0 Å². The molecule has 0 aliphatic carbocycles. The van der Waals surface area contributed by atoms with Crippen LogP contribution in [0.25, 0.3) is 11.1 Å². The highest BCUT2D eigenvalue weighted by Gasteiger charge is 2.13. The molecule has 0 spiro atoms. The molecule has 2 rings (SSSR count). The van der Waals surface area contributed by atoms with Gasteiger partial charge in [0.25, 0.3) is 0 Å². The summed E-state index contributed by atoms with van der Waals surface area (Å²) < 4.78 is 5.53. The summed E-state index contributed by atoms with van der Waals surface area (Å²) in [6, 6.07) is 5.61. The van der Waals surface area contributed by atoms with Gasteiger partial charge in [0.05, 0.1) is 6.04 Å². The van der Waals surface area contributed by atoms with Gasteiger partial charge in [-0.05, 0) is 30.5 Å². The van der Waals surface area contributed by atoms with E-state index in [1.807, 2.05) is 18.2 Å². The Morgan fingerprint density at radius 1 is 1.50 bits per heavy atom. The van der Waals surface area contributed by atoms with E-state index in [-0.39, 0.29) is 12.6 Å². The predicted molar refractivity (Wildman–Crippen MR) is 62.0 cm³/mol. The monoisotopic (exact) mass is 220 g/mol. The molecule has 1 aromatic heterocycles. The SMILES string of the molecule is CCc1ccc2oc(C(N)CCO)nc2c1. The summed E-state index contributed by atoms with van der Waals surface area (Å²) in [5.74, 6) is 0.498. The number of aliphatic hydroxyl groups is 1. The van der Waals surface area contributed by atoms with Gasteiger partial charge in [-0.25, -0.2) is 4.98 Å². The number of nitrogens with zero attached hydrogens (tertiary/aromatic N) is 1. The largest absolute Gasteiger partial charge is 0.439 e. The fourth-order valence-electron chi connectivity index (χ4n) is 1.63. The summed E-state index contributed by atoms with van der Waals surface area (Å²) in [7, 11) is 0. The maximum Gasteiger partial charge on any atom is 0.212 e. The van der Waals surface area contributed by atoms with Gasteiger partial charge < -0.3 is 15.3 Å². The Morgan fingerprint density at radius 3 is 3.00 bits per heavy atom. The number of aliphatic hydroxyl groups excluding tert-OH is 1. The third-order valence-corrected chi connectivity index (χ3v) is 2.63. The summed E-state index contributed by atoms with van der Waals surface area (Å²) in [5, 5.41) is 8.81. The molecule has 1 aromatic carbocycles. The summed E-state index contributed by atoms with van der Waals surface area (Å²) in [4.78, 5) is 4.34. The molecule has 0 amide bonds. The fourth-order valence-corrected chi connectivity index (χ4v) is 1.63. The summed E-state index contributed by atoms with van der Waals surface area (Å²) >= 11 is 0. The van der Waals surface area contributed by atoms with Crippen LogP contribution in [0.1, 0.15) is 30.8 Å². The third kappa shape index (κ3) is 2.08. The topological polar surface area (TPSA) is 72.3 Å². The molecule has 0 fully saturated rings. The smallest absolute Gasteiger partial charge is 0.212 e. The van der Waals surface area contributed by atoms with Gasteiger partial charge >= 0.3 is 0 Å². The Morgan fingerprint density at radius 2 is 2.31 bits per heavy atom. The van der Waals surface area contributed by atoms with Gasteiger partial charge in [-0.1, -0.05) is 13.0 Å². The number of fused-ring (bicyclic) bond motifs is 1. The molecule has 0 aliphatic heterocycles. The number of hydrogen-bond donors (Lipinski definition) is 2. The van der Waals surface area contributed by atoms with Crippen LogP contribution >= 0.6 is 0 Å². The Bertz CT molecular complexity index is 479. The Kier molecular flexibility index (Phi) is 3.22. The number of hydrogen-bond acceptors (Lipinski definition) is 4. The second-order valence-electron chi connectivity index (χ2n) is 3.83. The van der Waals surface area contributed by atoms with Crippen LogP contribution in [0.4, 0.5) is 0 Å². The maximum atomic E-state index is 8.81. The quantitative estimate of drug-likeness (QED) is 0.823. The third-order valence-electron chi connectivity index (χ3n) is 2.63. The highest BCUT2D eigenvalue weighted by Crippen LogP contribution is 2.21. The lowest BCUT2D eigenvalue weighted by Crippen LogP contribution is -2.11. The second-order valence-corrected chi connectivity index (χ2v) is 3.83. The molecular weight excluding hydrogens is 204 g/mol. The van der Waals surface area contributed by atoms with Crippen molar-refractivity contribution in [2.45, 2.75) is 25.8 Å². The van der Waals surface area contributed by atoms with Gasteiger partial charge in [0, 0.05) is 6.61 Å². The first-order chi connectivity index (χ1) is 7.74. The van der Waals surface area contributed by atoms with E-state index < -0.39 is 0 Å². The zero-order valence-corrected chi connectivity index (χ0v) is 9.31. The Balaban J connectivity index is 2.35. The first-order valence-corrected chi connectivity index (χ1v) is 5.50. The average Bonchev–Trinajstić information content (AvgIpc) is 2.71. The van der Waals surface area contributed by atoms with Crippen molar-refractivity contribution in [2.24, 2.45) is 5.73 Å². The standard InChI is InChI=1S/C12H16N2O2/c1-2-8-3-4-11-10(7-8)14-12(16-11)9(13)5-6-15/h3-4,7,9,15H,2,5-6,13H2,1H3. The van der Waals surface area contributed by atoms with E-state index in [2.05, 4.69) is 11.9 Å². The zero-order chi connectivity index (χ0) is 11.5. The van der Waals surface area contributed by atoms with Crippen molar-refractivity contribution in [3.8, 4) is 0 Å². The number of oxazole rings is 1. The molecule has 4 heteroatoms. The molecule has 0 bridgehead atoms. The molecule has 86 valence electrons. The minimum absolute atomic E-state index is 0.0418. The summed E-state index contributed by atoms with van der Waals surface area (Å²) in [6.07, 6.45) is 1.44. The summed E-state index contributed by atoms with van der Waals surface area (Å²) in [5.41, 5.74) is 8.64. The van der Waals surface area contributed by atoms with Crippen LogP contribution in [0.3, 0.4) is 0 Å². The van der Waals surface area contributed by atoms with E-state index in [0.29, 0.717) is 12.3 Å². The molecule has 16 heavy (non-hydrogen) atoms. The van der Waals surface area contributed by atoms with E-state index in [1.54, 1.807) is 0 Å². The van der Waals surface area contributed by atoms with E-state index >= 15 is 0 Å². The van der Waals surface area contributed by atoms with Gasteiger partial charge in [-0.3, -0.25) is 0 Å². The van der Waals surface area contributed by atoms with Crippen molar-refractivity contribution in [3.63, 3.8) is 0 Å². The first kappa shape index (κ1) is 11.1. The van der Waals surface area contributed by atoms with Crippen molar-refractivity contribution >= 4 is 11.1 Å². The van der Waals surface area contributed by atoms with Crippen LogP contribution in [-0.4, -0.2) is 16.7 Å². The number of aryl methyl sites for hydroxylation is 1. The first-order valence-electron chi connectivity index (χ1n) is 5.50. The molecule has 0 saturated heterocycles. The van der Waals surface area contributed by atoms with Crippen LogP contribution in [-0.2, 0) is 6.42 Å². The minimum Gasteiger partial charge on any atom is -0.439 e. The number of benzene rings is 1. The number of rotatable bonds is 4. The van der Waals surface area contributed by atoms with Gasteiger partial charge in [0.15, 0.2) is 5.58 Å². The van der Waals surface area contributed by atoms with Gasteiger partial charge in [0.1, 0.15) is 5.52 Å². The molecule has 0 aliphatic rings. The molecule has 4 nitrogen and oxygen atoms in total. The Labute approximate surface area is 94.1 Å². The van der Waals surface area contributed by atoms with Crippen LogP contribution in [0, 0.1) is 0 Å². The summed E-state index contributed by atoms with van der Waals surface area (Å²) in [6.45, 7) is 2.14. The number of aromatic nitrogens is 1. The van der Waals surface area contributed by atoms with Gasteiger partial charge in [-0.2, -0.15) is 0 Å². The Hall–Kier alpha value is -1.39.